The fraction of sp³-hybridized carbons (Fsp3) is 1.00. The van der Waals surface area contributed by atoms with E-state index in [0.717, 1.165) is 0 Å². The van der Waals surface area contributed by atoms with Crippen LogP contribution in [0.15, 0.2) is 0 Å². The van der Waals surface area contributed by atoms with Crippen molar-refractivity contribution in [2.75, 3.05) is 0 Å². The van der Waals surface area contributed by atoms with Crippen LogP contribution in [-0.4, -0.2) is 22.9 Å². The summed E-state index contributed by atoms with van der Waals surface area (Å²) in [6, 6.07) is 0. The molecule has 0 atom stereocenters. The summed E-state index contributed by atoms with van der Waals surface area (Å²) in [5.74, 6) is 0. The molecule has 1 heteroatoms. The average molecular weight is 202 g/mol. The van der Waals surface area contributed by atoms with E-state index < -0.39 is 0 Å². The van der Waals surface area contributed by atoms with Gasteiger partial charge in [0.1, 0.15) is 0 Å². The van der Waals surface area contributed by atoms with Crippen molar-refractivity contribution in [2.45, 2.75) is 35.0 Å². The Morgan fingerprint density at radius 2 is 1.57 bits per heavy atom. The Hall–Kier alpha value is 0.870. The molecule has 0 aromatic heterocycles. The normalized spacial score (nSPS) is 8.29. The van der Waals surface area contributed by atoms with Gasteiger partial charge in [0.05, 0.1) is 0 Å². The molecule has 0 bridgehead atoms. The van der Waals surface area contributed by atoms with Crippen LogP contribution >= 0.6 is 0 Å². The van der Waals surface area contributed by atoms with Crippen LogP contribution < -0.4 is 0 Å². The van der Waals surface area contributed by atoms with E-state index in [4.69, 9.17) is 0 Å². The van der Waals surface area contributed by atoms with Crippen molar-refractivity contribution in [3.05, 3.63) is 0 Å². The van der Waals surface area contributed by atoms with Gasteiger partial charge in [0.25, 0.3) is 0 Å². The van der Waals surface area contributed by atoms with Gasteiger partial charge in [-0.25, -0.2) is 0 Å². The van der Waals surface area contributed by atoms with Crippen molar-refractivity contribution in [1.29, 1.82) is 0 Å². The average Bonchev–Trinajstić information content (AvgIpc) is 1.69. The Morgan fingerprint density at radius 3 is 1.86 bits per heavy atom. The Balaban J connectivity index is 0. The summed E-state index contributed by atoms with van der Waals surface area (Å²) in [4.78, 5) is 0. The van der Waals surface area contributed by atoms with E-state index in [1.807, 2.05) is 0 Å². The number of hydrogen-bond acceptors (Lipinski definition) is 0. The standard InChI is InChI=1S/2C3H7.In.H/c2*1-3-2;;/h2*1,3H2,2H3;;/q;;+1;-1. The van der Waals surface area contributed by atoms with Crippen LogP contribution in [0.2, 0.25) is 8.35 Å². The summed E-state index contributed by atoms with van der Waals surface area (Å²) >= 11 is 0.0336. The number of rotatable bonds is 4. The second-order valence-corrected chi connectivity index (χ2v) is 6.81. The zero-order valence-electron chi connectivity index (χ0n) is 6.41. The molecule has 0 nitrogen and oxygen atoms in total. The van der Waals surface area contributed by atoms with Gasteiger partial charge in [-0.3, -0.25) is 0 Å². The summed E-state index contributed by atoms with van der Waals surface area (Å²) < 4.78 is 3.23. The largest absolute Gasteiger partial charge is 1.00 e. The molecule has 0 aliphatic rings. The van der Waals surface area contributed by atoms with E-state index in [2.05, 4.69) is 13.8 Å². The quantitative estimate of drug-likeness (QED) is 0.614. The summed E-state index contributed by atoms with van der Waals surface area (Å²) in [6.45, 7) is 4.59. The molecule has 0 radical (unpaired) electrons. The van der Waals surface area contributed by atoms with Crippen LogP contribution in [0, 0.1) is 0 Å². The van der Waals surface area contributed by atoms with Crippen molar-refractivity contribution < 1.29 is 1.43 Å². The van der Waals surface area contributed by atoms with Crippen LogP contribution in [0.3, 0.4) is 0 Å². The van der Waals surface area contributed by atoms with Gasteiger partial charge in [0, 0.05) is 0 Å². The topological polar surface area (TPSA) is 0 Å². The summed E-state index contributed by atoms with van der Waals surface area (Å²) in [6.07, 6.45) is 2.89. The first-order chi connectivity index (χ1) is 3.41. The zero-order valence-corrected chi connectivity index (χ0v) is 8.70. The van der Waals surface area contributed by atoms with Gasteiger partial charge in [-0.15, -0.1) is 0 Å². The third-order valence-electron chi connectivity index (χ3n) is 0.986. The van der Waals surface area contributed by atoms with Crippen LogP contribution in [0.1, 0.15) is 28.1 Å². The Kier molecular flexibility index (Phi) is 7.72. The van der Waals surface area contributed by atoms with Gasteiger partial charge in [-0.05, 0) is 0 Å². The molecule has 0 rings (SSSR count). The summed E-state index contributed by atoms with van der Waals surface area (Å²) in [7, 11) is 0. The molecule has 0 unspecified atom stereocenters. The first-order valence-electron chi connectivity index (χ1n) is 3.23. The van der Waals surface area contributed by atoms with Crippen molar-refractivity contribution >= 4 is 22.9 Å². The maximum atomic E-state index is 2.29. The third kappa shape index (κ3) is 6.87. The molecule has 0 amide bonds. The second-order valence-electron chi connectivity index (χ2n) is 1.87. The molecule has 0 fully saturated rings. The van der Waals surface area contributed by atoms with Crippen LogP contribution in [0.4, 0.5) is 0 Å². The zero-order chi connectivity index (χ0) is 5.54. The van der Waals surface area contributed by atoms with Gasteiger partial charge in [0.2, 0.25) is 0 Å². The second kappa shape index (κ2) is 6.87. The minimum Gasteiger partial charge on any atom is -1.00 e. The van der Waals surface area contributed by atoms with Crippen molar-refractivity contribution in [1.82, 2.24) is 0 Å². The van der Waals surface area contributed by atoms with Gasteiger partial charge < -0.3 is 1.43 Å². The maximum absolute atomic E-state index is 2.29. The van der Waals surface area contributed by atoms with Gasteiger partial charge >= 0.3 is 58.0 Å². The van der Waals surface area contributed by atoms with Crippen LogP contribution in [0.5, 0.6) is 0 Å². The van der Waals surface area contributed by atoms with E-state index in [1.54, 1.807) is 8.35 Å². The maximum Gasteiger partial charge on any atom is -1.00 e. The van der Waals surface area contributed by atoms with Gasteiger partial charge in [0.15, 0.2) is 0 Å². The molecular formula is C6H15In. The molecule has 0 saturated carbocycles. The van der Waals surface area contributed by atoms with Crippen LogP contribution in [-0.2, 0) is 0 Å². The Morgan fingerprint density at radius 1 is 1.14 bits per heavy atom. The molecular weight excluding hydrogens is 187 g/mol. The molecule has 0 aromatic carbocycles. The molecule has 0 aliphatic heterocycles. The fourth-order valence-corrected chi connectivity index (χ4v) is 3.71. The molecule has 0 heterocycles. The molecule has 42 valence electrons. The Bertz CT molecular complexity index is 27.7. The Labute approximate surface area is 59.5 Å². The van der Waals surface area contributed by atoms with E-state index in [9.17, 15) is 0 Å². The monoisotopic (exact) mass is 202 g/mol. The summed E-state index contributed by atoms with van der Waals surface area (Å²) in [5.41, 5.74) is 0. The number of hydrogen-bond donors (Lipinski definition) is 0. The van der Waals surface area contributed by atoms with Crippen LogP contribution in [0.25, 0.3) is 0 Å². The first-order valence-corrected chi connectivity index (χ1v) is 7.89. The predicted octanol–water partition coefficient (Wildman–Crippen LogP) is 2.46. The molecule has 0 aromatic rings. The summed E-state index contributed by atoms with van der Waals surface area (Å²) in [5, 5.41) is 0. The SMILES string of the molecule is CC[CH2][In+][CH2]CC.[H-]. The fourth-order valence-electron chi connectivity index (χ4n) is 0.553. The molecule has 7 heavy (non-hydrogen) atoms. The van der Waals surface area contributed by atoms with Crippen molar-refractivity contribution in [3.8, 4) is 0 Å². The van der Waals surface area contributed by atoms with E-state index in [1.165, 1.54) is 12.8 Å². The van der Waals surface area contributed by atoms with Gasteiger partial charge in [-0.1, -0.05) is 0 Å². The molecule has 0 N–H and O–H groups in total. The smallest absolute Gasteiger partial charge is 1.00 e. The van der Waals surface area contributed by atoms with E-state index >= 15 is 0 Å². The van der Waals surface area contributed by atoms with Crippen molar-refractivity contribution in [3.63, 3.8) is 0 Å². The van der Waals surface area contributed by atoms with Gasteiger partial charge in [-0.2, -0.15) is 0 Å². The molecule has 0 saturated heterocycles. The third-order valence-corrected chi connectivity index (χ3v) is 6.61. The predicted molar refractivity (Wildman–Crippen MR) is 37.1 cm³/mol. The molecule has 0 aliphatic carbocycles. The van der Waals surface area contributed by atoms with E-state index in [0.29, 0.717) is 0 Å². The molecule has 0 spiro atoms. The minimum atomic E-state index is 0. The minimum absolute atomic E-state index is 0. The van der Waals surface area contributed by atoms with E-state index in [-0.39, 0.29) is 24.3 Å². The van der Waals surface area contributed by atoms with Crippen molar-refractivity contribution in [2.24, 2.45) is 0 Å². The first kappa shape index (κ1) is 7.87.